The molecule has 0 aliphatic carbocycles. The Balaban J connectivity index is 2.83. The topological polar surface area (TPSA) is 17.1 Å². The predicted molar refractivity (Wildman–Crippen MR) is 32.4 cm³/mol. The maximum absolute atomic E-state index is 9.88. The highest BCUT2D eigenvalue weighted by molar-refractivity contribution is 9.09. The van der Waals surface area contributed by atoms with Crippen LogP contribution in [0.15, 0.2) is 0 Å². The zero-order valence-electron chi connectivity index (χ0n) is 3.15. The average molecular weight is 169 g/mol. The van der Waals surface area contributed by atoms with Crippen LogP contribution in [0.25, 0.3) is 0 Å². The number of thiol groups is 1. The van der Waals surface area contributed by atoms with E-state index < -0.39 is 0 Å². The normalized spacial score (nSPS) is 8.33. The minimum Gasteiger partial charge on any atom is -0.287 e. The van der Waals surface area contributed by atoms with E-state index in [-0.39, 0.29) is 5.12 Å². The van der Waals surface area contributed by atoms with Gasteiger partial charge in [0.1, 0.15) is 0 Å². The zero-order valence-corrected chi connectivity index (χ0v) is 5.63. The first-order valence-corrected chi connectivity index (χ1v) is 3.12. The summed E-state index contributed by atoms with van der Waals surface area (Å²) in [5.74, 6) is 0. The minimum atomic E-state index is -0.0631. The molecule has 36 valence electrons. The molecule has 0 bridgehead atoms. The van der Waals surface area contributed by atoms with Gasteiger partial charge in [-0.2, -0.15) is 0 Å². The Morgan fingerprint density at radius 2 is 2.33 bits per heavy atom. The Kier molecular flexibility index (Phi) is 3.99. The number of alkyl halides is 1. The number of rotatable bonds is 2. The fraction of sp³-hybridized carbons (Fsp3) is 0.667. The highest BCUT2D eigenvalue weighted by Gasteiger charge is 1.86. The largest absolute Gasteiger partial charge is 0.287 e. The van der Waals surface area contributed by atoms with Crippen LogP contribution < -0.4 is 0 Å². The van der Waals surface area contributed by atoms with Crippen molar-refractivity contribution in [3.63, 3.8) is 0 Å². The van der Waals surface area contributed by atoms with Gasteiger partial charge in [0, 0.05) is 11.8 Å². The third-order valence-corrected chi connectivity index (χ3v) is 0.928. The summed E-state index contributed by atoms with van der Waals surface area (Å²) in [5.41, 5.74) is 0. The first kappa shape index (κ1) is 6.50. The highest BCUT2D eigenvalue weighted by Crippen LogP contribution is 1.90. The summed E-state index contributed by atoms with van der Waals surface area (Å²) in [6.07, 6.45) is 0.517. The number of halogens is 1. The van der Waals surface area contributed by atoms with Gasteiger partial charge in [0.15, 0.2) is 5.12 Å². The maximum atomic E-state index is 9.88. The van der Waals surface area contributed by atoms with Crippen molar-refractivity contribution in [3.8, 4) is 0 Å². The molecule has 0 amide bonds. The monoisotopic (exact) mass is 168 g/mol. The molecule has 0 heterocycles. The molecular weight excluding hydrogens is 164 g/mol. The van der Waals surface area contributed by atoms with Gasteiger partial charge in [-0.3, -0.25) is 4.79 Å². The van der Waals surface area contributed by atoms with Crippen LogP contribution in [-0.4, -0.2) is 10.4 Å². The molecular formula is C3H5BrOS. The van der Waals surface area contributed by atoms with Crippen molar-refractivity contribution in [2.24, 2.45) is 0 Å². The molecule has 1 nitrogen and oxygen atoms in total. The number of hydrogen-bond donors (Lipinski definition) is 1. The van der Waals surface area contributed by atoms with E-state index in [0.717, 1.165) is 5.33 Å². The van der Waals surface area contributed by atoms with Crippen molar-refractivity contribution in [1.29, 1.82) is 0 Å². The van der Waals surface area contributed by atoms with Gasteiger partial charge in [-0.1, -0.05) is 15.9 Å². The van der Waals surface area contributed by atoms with Crippen molar-refractivity contribution in [3.05, 3.63) is 0 Å². The van der Waals surface area contributed by atoms with Crippen LogP contribution in [0.4, 0.5) is 0 Å². The maximum Gasteiger partial charge on any atom is 0.186 e. The smallest absolute Gasteiger partial charge is 0.186 e. The average Bonchev–Trinajstić information content (AvgIpc) is 1.35. The van der Waals surface area contributed by atoms with Crippen LogP contribution in [0.3, 0.4) is 0 Å². The molecule has 0 spiro atoms. The lowest BCUT2D eigenvalue weighted by atomic mass is 10.6. The van der Waals surface area contributed by atoms with Crippen LogP contribution in [0, 0.1) is 0 Å². The van der Waals surface area contributed by atoms with Crippen molar-refractivity contribution < 1.29 is 4.79 Å². The van der Waals surface area contributed by atoms with E-state index in [1.165, 1.54) is 0 Å². The van der Waals surface area contributed by atoms with E-state index in [2.05, 4.69) is 28.6 Å². The highest BCUT2D eigenvalue weighted by atomic mass is 79.9. The molecule has 0 unspecified atom stereocenters. The summed E-state index contributed by atoms with van der Waals surface area (Å²) in [6.45, 7) is 0. The predicted octanol–water partition coefficient (Wildman–Crippen LogP) is 1.23. The SMILES string of the molecule is O=C(S)CCBr. The first-order chi connectivity index (χ1) is 2.77. The molecule has 0 rings (SSSR count). The van der Waals surface area contributed by atoms with Gasteiger partial charge >= 0.3 is 0 Å². The molecule has 0 fully saturated rings. The quantitative estimate of drug-likeness (QED) is 0.485. The van der Waals surface area contributed by atoms with E-state index >= 15 is 0 Å². The van der Waals surface area contributed by atoms with Gasteiger partial charge < -0.3 is 0 Å². The third kappa shape index (κ3) is 4.50. The Labute approximate surface area is 50.7 Å². The molecule has 0 aromatic rings. The molecule has 0 radical (unpaired) electrons. The summed E-state index contributed by atoms with van der Waals surface area (Å²) >= 11 is 6.59. The fourth-order valence-electron chi connectivity index (χ4n) is 0.0808. The van der Waals surface area contributed by atoms with Crippen molar-refractivity contribution in [1.82, 2.24) is 0 Å². The second-order valence-electron chi connectivity index (χ2n) is 0.833. The molecule has 0 saturated carbocycles. The van der Waals surface area contributed by atoms with Gasteiger partial charge in [0.05, 0.1) is 0 Å². The van der Waals surface area contributed by atoms with E-state index in [9.17, 15) is 4.79 Å². The second kappa shape index (κ2) is 3.68. The van der Waals surface area contributed by atoms with E-state index in [1.807, 2.05) is 0 Å². The van der Waals surface area contributed by atoms with Crippen LogP contribution in [-0.2, 0) is 4.79 Å². The second-order valence-corrected chi connectivity index (χ2v) is 2.12. The van der Waals surface area contributed by atoms with Crippen molar-refractivity contribution in [2.75, 3.05) is 5.33 Å². The standard InChI is InChI=1S/C3H5BrOS/c4-2-1-3(5)6/h1-2H2,(H,5,6). The van der Waals surface area contributed by atoms with Gasteiger partial charge in [-0.05, 0) is 0 Å². The van der Waals surface area contributed by atoms with Crippen LogP contribution in [0.1, 0.15) is 6.42 Å². The third-order valence-electron chi connectivity index (χ3n) is 0.308. The zero-order chi connectivity index (χ0) is 4.99. The summed E-state index contributed by atoms with van der Waals surface area (Å²) in [6, 6.07) is 0. The van der Waals surface area contributed by atoms with Gasteiger partial charge in [0.25, 0.3) is 0 Å². The minimum absolute atomic E-state index is 0.0631. The lowest BCUT2D eigenvalue weighted by Gasteiger charge is -1.78. The molecule has 0 saturated heterocycles. The summed E-state index contributed by atoms with van der Waals surface area (Å²) < 4.78 is 0. The van der Waals surface area contributed by atoms with Crippen LogP contribution in [0.5, 0.6) is 0 Å². The van der Waals surface area contributed by atoms with Crippen molar-refractivity contribution in [2.45, 2.75) is 6.42 Å². The Morgan fingerprint density at radius 3 is 2.33 bits per heavy atom. The van der Waals surface area contributed by atoms with Gasteiger partial charge in [-0.25, -0.2) is 0 Å². The summed E-state index contributed by atoms with van der Waals surface area (Å²) in [4.78, 5) is 9.88. The molecule has 0 N–H and O–H groups in total. The first-order valence-electron chi connectivity index (χ1n) is 1.55. The number of carbonyl (C=O) groups is 1. The van der Waals surface area contributed by atoms with Gasteiger partial charge in [0.2, 0.25) is 0 Å². The lowest BCUT2D eigenvalue weighted by Crippen LogP contribution is -1.83. The van der Waals surface area contributed by atoms with Gasteiger partial charge in [-0.15, -0.1) is 12.6 Å². The summed E-state index contributed by atoms with van der Waals surface area (Å²) in [7, 11) is 0. The molecule has 3 heteroatoms. The van der Waals surface area contributed by atoms with E-state index in [1.54, 1.807) is 0 Å². The molecule has 0 aliphatic heterocycles. The number of carbonyl (C=O) groups excluding carboxylic acids is 1. The van der Waals surface area contributed by atoms with E-state index in [0.29, 0.717) is 6.42 Å². The van der Waals surface area contributed by atoms with Crippen LogP contribution >= 0.6 is 28.6 Å². The molecule has 0 atom stereocenters. The molecule has 0 aromatic heterocycles. The lowest BCUT2D eigenvalue weighted by molar-refractivity contribution is -0.110. The Hall–Kier alpha value is 0.500. The Morgan fingerprint density at radius 1 is 1.83 bits per heavy atom. The van der Waals surface area contributed by atoms with Crippen molar-refractivity contribution >= 4 is 33.7 Å². The van der Waals surface area contributed by atoms with E-state index in [4.69, 9.17) is 0 Å². The number of hydrogen-bond acceptors (Lipinski definition) is 1. The molecule has 0 aliphatic rings. The van der Waals surface area contributed by atoms with Crippen LogP contribution in [0.2, 0.25) is 0 Å². The summed E-state index contributed by atoms with van der Waals surface area (Å²) in [5, 5.41) is 0.655. The molecule has 0 aromatic carbocycles. The Bertz CT molecular complexity index is 54.8. The molecule has 6 heavy (non-hydrogen) atoms. The fourth-order valence-corrected chi connectivity index (χ4v) is 0.859.